The Kier molecular flexibility index (Phi) is 4.08. The highest BCUT2D eigenvalue weighted by molar-refractivity contribution is 5.83. The maximum atomic E-state index is 11.5. The summed E-state index contributed by atoms with van der Waals surface area (Å²) in [7, 11) is 1.53. The van der Waals surface area contributed by atoms with Crippen LogP contribution in [0.2, 0.25) is 0 Å². The molecule has 1 unspecified atom stereocenters. The Balaban J connectivity index is 2.21. The number of carbonyl (C=O) groups is 2. The van der Waals surface area contributed by atoms with Gasteiger partial charge in [0.2, 0.25) is 5.91 Å². The molecule has 1 aliphatic carbocycles. The molecule has 1 saturated carbocycles. The molecule has 0 radical (unpaired) electrons. The van der Waals surface area contributed by atoms with E-state index in [4.69, 9.17) is 5.11 Å². The van der Waals surface area contributed by atoms with Crippen LogP contribution in [-0.2, 0) is 9.59 Å². The van der Waals surface area contributed by atoms with Crippen molar-refractivity contribution in [3.05, 3.63) is 0 Å². The maximum Gasteiger partial charge on any atom is 0.326 e. The third kappa shape index (κ3) is 3.87. The molecule has 0 heterocycles. The molecule has 0 saturated heterocycles. The Hall–Kier alpha value is -1.10. The van der Waals surface area contributed by atoms with Gasteiger partial charge in [0, 0.05) is 26.1 Å². The molecule has 1 atom stereocenters. The molecule has 1 aliphatic rings. The average molecular weight is 214 g/mol. The van der Waals surface area contributed by atoms with Crippen LogP contribution in [0.15, 0.2) is 0 Å². The Bertz CT molecular complexity index is 251. The summed E-state index contributed by atoms with van der Waals surface area (Å²) in [6.07, 6.45) is 2.75. The van der Waals surface area contributed by atoms with Crippen LogP contribution in [0, 0.1) is 0 Å². The zero-order valence-electron chi connectivity index (χ0n) is 9.19. The highest BCUT2D eigenvalue weighted by Gasteiger charge is 2.23. The molecular weight excluding hydrogens is 196 g/mol. The molecule has 5 nitrogen and oxygen atoms in total. The van der Waals surface area contributed by atoms with Crippen molar-refractivity contribution >= 4 is 11.9 Å². The fourth-order valence-electron chi connectivity index (χ4n) is 1.23. The average Bonchev–Trinajstić information content (AvgIpc) is 2.99. The topological polar surface area (TPSA) is 69.6 Å². The lowest BCUT2D eigenvalue weighted by molar-refractivity contribution is -0.148. The number of carboxylic acids is 1. The summed E-state index contributed by atoms with van der Waals surface area (Å²) in [5.74, 6) is -1.10. The number of rotatable bonds is 6. The van der Waals surface area contributed by atoms with E-state index in [1.54, 1.807) is 0 Å². The second-order valence-electron chi connectivity index (χ2n) is 4.00. The van der Waals surface area contributed by atoms with Gasteiger partial charge in [-0.25, -0.2) is 4.79 Å². The number of carboxylic acid groups (broad SMARTS) is 1. The van der Waals surface area contributed by atoms with Crippen LogP contribution in [0.5, 0.6) is 0 Å². The standard InChI is InChI=1S/C10H18N2O3/c1-7(10(14)15)12(2)9(13)5-6-11-8-3-4-8/h7-8,11H,3-6H2,1-2H3,(H,14,15). The van der Waals surface area contributed by atoms with Gasteiger partial charge in [-0.05, 0) is 19.8 Å². The Labute approximate surface area is 89.4 Å². The van der Waals surface area contributed by atoms with Crippen molar-refractivity contribution in [1.29, 1.82) is 0 Å². The largest absolute Gasteiger partial charge is 0.480 e. The van der Waals surface area contributed by atoms with E-state index in [2.05, 4.69) is 5.32 Å². The molecule has 2 N–H and O–H groups in total. The number of nitrogens with one attached hydrogen (secondary N) is 1. The smallest absolute Gasteiger partial charge is 0.326 e. The summed E-state index contributed by atoms with van der Waals surface area (Å²) in [6, 6.07) is -0.168. The first-order valence-electron chi connectivity index (χ1n) is 5.24. The molecule has 1 amide bonds. The van der Waals surface area contributed by atoms with Crippen LogP contribution in [0.1, 0.15) is 26.2 Å². The monoisotopic (exact) mass is 214 g/mol. The molecule has 0 spiro atoms. The van der Waals surface area contributed by atoms with Gasteiger partial charge in [-0.3, -0.25) is 4.79 Å². The van der Waals surface area contributed by atoms with Crippen molar-refractivity contribution in [3.63, 3.8) is 0 Å². The molecule has 0 aromatic carbocycles. The van der Waals surface area contributed by atoms with Gasteiger partial charge >= 0.3 is 5.97 Å². The van der Waals surface area contributed by atoms with Crippen molar-refractivity contribution in [1.82, 2.24) is 10.2 Å². The number of hydrogen-bond acceptors (Lipinski definition) is 3. The van der Waals surface area contributed by atoms with Crippen LogP contribution in [-0.4, -0.2) is 47.6 Å². The molecular formula is C10H18N2O3. The van der Waals surface area contributed by atoms with Crippen LogP contribution in [0.25, 0.3) is 0 Å². The number of hydrogen-bond donors (Lipinski definition) is 2. The van der Waals surface area contributed by atoms with Crippen LogP contribution in [0.4, 0.5) is 0 Å². The molecule has 0 aliphatic heterocycles. The first-order chi connectivity index (χ1) is 7.02. The molecule has 86 valence electrons. The summed E-state index contributed by atoms with van der Waals surface area (Å²) in [4.78, 5) is 23.4. The van der Waals surface area contributed by atoms with E-state index < -0.39 is 12.0 Å². The highest BCUT2D eigenvalue weighted by atomic mass is 16.4. The van der Waals surface area contributed by atoms with Gasteiger partial charge in [-0.15, -0.1) is 0 Å². The highest BCUT2D eigenvalue weighted by Crippen LogP contribution is 2.18. The van der Waals surface area contributed by atoms with Gasteiger partial charge in [-0.2, -0.15) is 0 Å². The summed E-state index contributed by atoms with van der Waals surface area (Å²) in [5, 5.41) is 11.9. The van der Waals surface area contributed by atoms with Gasteiger partial charge < -0.3 is 15.3 Å². The van der Waals surface area contributed by atoms with E-state index in [9.17, 15) is 9.59 Å². The fraction of sp³-hybridized carbons (Fsp3) is 0.800. The number of aliphatic carboxylic acids is 1. The Morgan fingerprint density at radius 1 is 1.53 bits per heavy atom. The van der Waals surface area contributed by atoms with Crippen molar-refractivity contribution in [2.24, 2.45) is 0 Å². The summed E-state index contributed by atoms with van der Waals surface area (Å²) in [6.45, 7) is 2.15. The molecule has 0 bridgehead atoms. The normalized spacial score (nSPS) is 17.2. The van der Waals surface area contributed by atoms with E-state index in [0.717, 1.165) is 0 Å². The number of carbonyl (C=O) groups excluding carboxylic acids is 1. The minimum absolute atomic E-state index is 0.127. The van der Waals surface area contributed by atoms with Crippen molar-refractivity contribution in [2.75, 3.05) is 13.6 Å². The Morgan fingerprint density at radius 3 is 2.60 bits per heavy atom. The number of likely N-dealkylation sites (N-methyl/N-ethyl adjacent to an activating group) is 1. The third-order valence-corrected chi connectivity index (χ3v) is 2.68. The minimum Gasteiger partial charge on any atom is -0.480 e. The van der Waals surface area contributed by atoms with E-state index in [1.807, 2.05) is 0 Å². The van der Waals surface area contributed by atoms with Gasteiger partial charge in [0.05, 0.1) is 0 Å². The number of nitrogens with zero attached hydrogens (tertiary/aromatic N) is 1. The summed E-state index contributed by atoms with van der Waals surface area (Å²) >= 11 is 0. The summed E-state index contributed by atoms with van der Waals surface area (Å²) in [5.41, 5.74) is 0. The molecule has 1 rings (SSSR count). The van der Waals surface area contributed by atoms with Crippen molar-refractivity contribution < 1.29 is 14.7 Å². The van der Waals surface area contributed by atoms with E-state index in [0.29, 0.717) is 19.0 Å². The lowest BCUT2D eigenvalue weighted by Gasteiger charge is -2.21. The maximum absolute atomic E-state index is 11.5. The lowest BCUT2D eigenvalue weighted by atomic mass is 10.2. The number of amides is 1. The van der Waals surface area contributed by atoms with Crippen molar-refractivity contribution in [3.8, 4) is 0 Å². The zero-order valence-corrected chi connectivity index (χ0v) is 9.19. The van der Waals surface area contributed by atoms with Gasteiger partial charge in [0.25, 0.3) is 0 Å². The van der Waals surface area contributed by atoms with Gasteiger partial charge in [0.1, 0.15) is 6.04 Å². The van der Waals surface area contributed by atoms with Crippen LogP contribution in [0.3, 0.4) is 0 Å². The minimum atomic E-state index is -0.971. The molecule has 15 heavy (non-hydrogen) atoms. The molecule has 5 heteroatoms. The van der Waals surface area contributed by atoms with Crippen molar-refractivity contribution in [2.45, 2.75) is 38.3 Å². The first kappa shape index (κ1) is 12.0. The second-order valence-corrected chi connectivity index (χ2v) is 4.00. The molecule has 1 fully saturated rings. The predicted octanol–water partition coefficient (Wildman–Crippen LogP) is 0.0600. The van der Waals surface area contributed by atoms with E-state index in [-0.39, 0.29) is 5.91 Å². The van der Waals surface area contributed by atoms with Crippen LogP contribution < -0.4 is 5.32 Å². The van der Waals surface area contributed by atoms with Gasteiger partial charge in [-0.1, -0.05) is 0 Å². The fourth-order valence-corrected chi connectivity index (χ4v) is 1.23. The van der Waals surface area contributed by atoms with E-state index in [1.165, 1.54) is 31.7 Å². The van der Waals surface area contributed by atoms with E-state index >= 15 is 0 Å². The summed E-state index contributed by atoms with van der Waals surface area (Å²) < 4.78 is 0. The first-order valence-corrected chi connectivity index (χ1v) is 5.24. The van der Waals surface area contributed by atoms with Crippen LogP contribution >= 0.6 is 0 Å². The zero-order chi connectivity index (χ0) is 11.4. The molecule has 0 aromatic heterocycles. The Morgan fingerprint density at radius 2 is 2.13 bits per heavy atom. The molecule has 0 aromatic rings. The van der Waals surface area contributed by atoms with Gasteiger partial charge in [0.15, 0.2) is 0 Å². The predicted molar refractivity (Wildman–Crippen MR) is 55.5 cm³/mol. The lowest BCUT2D eigenvalue weighted by Crippen LogP contribution is -2.41. The SMILES string of the molecule is CC(C(=O)O)N(C)C(=O)CCNC1CC1. The quantitative estimate of drug-likeness (QED) is 0.656. The second kappa shape index (κ2) is 5.11. The third-order valence-electron chi connectivity index (χ3n) is 2.68.